The van der Waals surface area contributed by atoms with Crippen LogP contribution in [0.5, 0.6) is 0 Å². The molecule has 0 aliphatic heterocycles. The van der Waals surface area contributed by atoms with Gasteiger partial charge in [-0.3, -0.25) is 0 Å². The molecule has 1 aromatic rings. The van der Waals surface area contributed by atoms with Crippen molar-refractivity contribution >= 4 is 17.4 Å². The summed E-state index contributed by atoms with van der Waals surface area (Å²) in [5.41, 5.74) is 0.0344. The number of hydrogen-bond acceptors (Lipinski definition) is 3. The van der Waals surface area contributed by atoms with Crippen LogP contribution in [0.4, 0.5) is 4.79 Å². The number of hydrogen-bond donors (Lipinski definition) is 3. The lowest BCUT2D eigenvalue weighted by molar-refractivity contribution is -0.0136. The van der Waals surface area contributed by atoms with E-state index in [0.717, 1.165) is 41.9 Å². The summed E-state index contributed by atoms with van der Waals surface area (Å²) in [4.78, 5) is 13.2. The first-order valence-electron chi connectivity index (χ1n) is 8.39. The van der Waals surface area contributed by atoms with E-state index in [0.29, 0.717) is 0 Å². The van der Waals surface area contributed by atoms with Crippen LogP contribution in [-0.4, -0.2) is 23.2 Å². The monoisotopic (exact) mass is 320 g/mol. The van der Waals surface area contributed by atoms with E-state index in [1.54, 1.807) is 0 Å². The van der Waals surface area contributed by atoms with Crippen LogP contribution >= 0.6 is 11.3 Å². The molecule has 1 heterocycles. The molecule has 0 saturated heterocycles. The number of urea groups is 1. The molecule has 1 atom stereocenters. The van der Waals surface area contributed by atoms with E-state index in [4.69, 9.17) is 0 Å². The summed E-state index contributed by atoms with van der Waals surface area (Å²) in [6.45, 7) is 0.277. The molecule has 4 aliphatic rings. The van der Waals surface area contributed by atoms with Gasteiger partial charge in [-0.1, -0.05) is 6.07 Å². The van der Waals surface area contributed by atoms with Crippen molar-refractivity contribution in [3.8, 4) is 0 Å². The fourth-order valence-electron chi connectivity index (χ4n) is 5.32. The third-order valence-corrected chi connectivity index (χ3v) is 6.72. The van der Waals surface area contributed by atoms with Crippen LogP contribution in [0.15, 0.2) is 17.5 Å². The maximum atomic E-state index is 12.3. The first-order chi connectivity index (χ1) is 10.6. The molecule has 0 aromatic carbocycles. The normalized spacial score (nSPS) is 37.0. The zero-order valence-electron chi connectivity index (χ0n) is 12.8. The van der Waals surface area contributed by atoms with Gasteiger partial charge in [0.2, 0.25) is 0 Å². The summed E-state index contributed by atoms with van der Waals surface area (Å²) in [5.74, 6) is 2.47. The minimum absolute atomic E-state index is 0.0344. The molecule has 4 nitrogen and oxygen atoms in total. The predicted molar refractivity (Wildman–Crippen MR) is 86.7 cm³/mol. The van der Waals surface area contributed by atoms with Crippen molar-refractivity contribution < 1.29 is 9.90 Å². The van der Waals surface area contributed by atoms with Gasteiger partial charge in [0, 0.05) is 10.4 Å². The second-order valence-corrected chi connectivity index (χ2v) is 8.54. The standard InChI is InChI=1S/C17H24N2O2S/c20-14(15-2-1-3-22-15)10-18-16(21)19-17-7-11-4-12(8-17)6-13(5-11)9-17/h1-3,11-14,20H,4-10H2,(H2,18,19,21)/t11?,12?,13?,14-,17?/m1/s1. The lowest BCUT2D eigenvalue weighted by Gasteiger charge is -2.56. The van der Waals surface area contributed by atoms with Crippen molar-refractivity contribution in [2.45, 2.75) is 50.2 Å². The van der Waals surface area contributed by atoms with E-state index in [1.165, 1.54) is 30.6 Å². The molecule has 4 aliphatic carbocycles. The lowest BCUT2D eigenvalue weighted by atomic mass is 9.53. The van der Waals surface area contributed by atoms with E-state index in [9.17, 15) is 9.90 Å². The predicted octanol–water partition coefficient (Wildman–Crippen LogP) is 3.05. The smallest absolute Gasteiger partial charge is 0.315 e. The van der Waals surface area contributed by atoms with Crippen molar-refractivity contribution in [3.05, 3.63) is 22.4 Å². The van der Waals surface area contributed by atoms with Crippen LogP contribution in [0.3, 0.4) is 0 Å². The molecule has 5 rings (SSSR count). The Morgan fingerprint density at radius 3 is 2.45 bits per heavy atom. The largest absolute Gasteiger partial charge is 0.386 e. The van der Waals surface area contributed by atoms with Gasteiger partial charge in [0.05, 0.1) is 6.54 Å². The highest BCUT2D eigenvalue weighted by molar-refractivity contribution is 7.10. The number of nitrogens with one attached hydrogen (secondary N) is 2. The molecule has 1 aromatic heterocycles. The van der Waals surface area contributed by atoms with Gasteiger partial charge in [-0.15, -0.1) is 11.3 Å². The summed E-state index contributed by atoms with van der Waals surface area (Å²) in [6, 6.07) is 3.70. The first kappa shape index (κ1) is 14.5. The average Bonchev–Trinajstić information content (AvgIpc) is 2.97. The molecule has 4 bridgehead atoms. The van der Waals surface area contributed by atoms with Crippen LogP contribution in [0.1, 0.15) is 49.5 Å². The second kappa shape index (κ2) is 5.53. The molecule has 0 radical (unpaired) electrons. The van der Waals surface area contributed by atoms with Crippen LogP contribution in [0.2, 0.25) is 0 Å². The summed E-state index contributed by atoms with van der Waals surface area (Å²) in [7, 11) is 0. The first-order valence-corrected chi connectivity index (χ1v) is 9.27. The highest BCUT2D eigenvalue weighted by atomic mass is 32.1. The third-order valence-electron chi connectivity index (χ3n) is 5.74. The fourth-order valence-corrected chi connectivity index (χ4v) is 6.03. The van der Waals surface area contributed by atoms with Gasteiger partial charge < -0.3 is 15.7 Å². The van der Waals surface area contributed by atoms with Crippen molar-refractivity contribution in [2.24, 2.45) is 17.8 Å². The Bertz CT molecular complexity index is 508. The zero-order chi connectivity index (χ0) is 15.2. The molecule has 120 valence electrons. The Morgan fingerprint density at radius 2 is 1.91 bits per heavy atom. The molecule has 5 heteroatoms. The number of amides is 2. The number of thiophene rings is 1. The van der Waals surface area contributed by atoms with E-state index < -0.39 is 6.10 Å². The van der Waals surface area contributed by atoms with E-state index in [1.807, 2.05) is 17.5 Å². The second-order valence-electron chi connectivity index (χ2n) is 7.56. The third kappa shape index (κ3) is 2.76. The summed E-state index contributed by atoms with van der Waals surface area (Å²) < 4.78 is 0. The van der Waals surface area contributed by atoms with Gasteiger partial charge >= 0.3 is 6.03 Å². The maximum Gasteiger partial charge on any atom is 0.315 e. The molecule has 0 unspecified atom stereocenters. The van der Waals surface area contributed by atoms with E-state index in [2.05, 4.69) is 10.6 Å². The Balaban J connectivity index is 1.32. The van der Waals surface area contributed by atoms with Crippen molar-refractivity contribution in [1.29, 1.82) is 0 Å². The number of aliphatic hydroxyl groups is 1. The number of aliphatic hydroxyl groups excluding tert-OH is 1. The van der Waals surface area contributed by atoms with Gasteiger partial charge in [0.1, 0.15) is 6.10 Å². The van der Waals surface area contributed by atoms with Crippen molar-refractivity contribution in [1.82, 2.24) is 10.6 Å². The van der Waals surface area contributed by atoms with Gasteiger partial charge in [-0.05, 0) is 67.7 Å². The Morgan fingerprint density at radius 1 is 1.27 bits per heavy atom. The van der Waals surface area contributed by atoms with Crippen LogP contribution in [0, 0.1) is 17.8 Å². The Hall–Kier alpha value is -1.07. The minimum atomic E-state index is -0.609. The molecule has 22 heavy (non-hydrogen) atoms. The van der Waals surface area contributed by atoms with Crippen LogP contribution in [-0.2, 0) is 0 Å². The number of rotatable bonds is 4. The van der Waals surface area contributed by atoms with Crippen LogP contribution < -0.4 is 10.6 Å². The Labute approximate surface area is 135 Å². The summed E-state index contributed by atoms with van der Waals surface area (Å²) in [5, 5.41) is 18.1. The average molecular weight is 320 g/mol. The molecule has 4 fully saturated rings. The lowest BCUT2D eigenvalue weighted by Crippen LogP contribution is -2.61. The van der Waals surface area contributed by atoms with Crippen molar-refractivity contribution in [3.63, 3.8) is 0 Å². The van der Waals surface area contributed by atoms with Gasteiger partial charge in [0.25, 0.3) is 0 Å². The SMILES string of the molecule is O=C(NC[C@@H](O)c1cccs1)NC12CC3CC(CC(C3)C1)C2. The topological polar surface area (TPSA) is 61.4 Å². The van der Waals surface area contributed by atoms with Gasteiger partial charge in [0.15, 0.2) is 0 Å². The minimum Gasteiger partial charge on any atom is -0.386 e. The van der Waals surface area contributed by atoms with Crippen molar-refractivity contribution in [2.75, 3.05) is 6.54 Å². The molecule has 3 N–H and O–H groups in total. The molecular weight excluding hydrogens is 296 g/mol. The number of carbonyl (C=O) groups is 1. The van der Waals surface area contributed by atoms with Gasteiger partial charge in [-0.25, -0.2) is 4.79 Å². The summed E-state index contributed by atoms with van der Waals surface area (Å²) in [6.07, 6.45) is 6.97. The van der Waals surface area contributed by atoms with Gasteiger partial charge in [-0.2, -0.15) is 0 Å². The number of carbonyl (C=O) groups excluding carboxylic acids is 1. The highest BCUT2D eigenvalue weighted by Crippen LogP contribution is 2.55. The zero-order valence-corrected chi connectivity index (χ0v) is 13.6. The van der Waals surface area contributed by atoms with E-state index >= 15 is 0 Å². The quantitative estimate of drug-likeness (QED) is 0.798. The molecule has 0 spiro atoms. The molecule has 2 amide bonds. The summed E-state index contributed by atoms with van der Waals surface area (Å²) >= 11 is 1.52. The Kier molecular flexibility index (Phi) is 3.65. The fraction of sp³-hybridized carbons (Fsp3) is 0.706. The maximum absolute atomic E-state index is 12.3. The van der Waals surface area contributed by atoms with E-state index in [-0.39, 0.29) is 18.1 Å². The molecular formula is C17H24N2O2S. The highest BCUT2D eigenvalue weighted by Gasteiger charge is 2.51. The van der Waals surface area contributed by atoms with Crippen LogP contribution in [0.25, 0.3) is 0 Å². The molecule has 4 saturated carbocycles.